The number of hydrogen-bond acceptors (Lipinski definition) is 8. The van der Waals surface area contributed by atoms with Crippen molar-refractivity contribution < 1.29 is 33.3 Å². The summed E-state index contributed by atoms with van der Waals surface area (Å²) in [5.41, 5.74) is 9.31. The van der Waals surface area contributed by atoms with Crippen molar-refractivity contribution in [1.29, 1.82) is 0 Å². The normalized spacial score (nSPS) is 11.4. The lowest BCUT2D eigenvalue weighted by Gasteiger charge is -2.18. The fourth-order valence-corrected chi connectivity index (χ4v) is 4.25. The number of carbonyl (C=O) groups is 3. The van der Waals surface area contributed by atoms with E-state index in [0.717, 1.165) is 22.0 Å². The molecule has 3 rings (SSSR count). The van der Waals surface area contributed by atoms with Gasteiger partial charge >= 0.3 is 11.9 Å². The average Bonchev–Trinajstić information content (AvgIpc) is 2.96. The van der Waals surface area contributed by atoms with Crippen LogP contribution in [0, 0.1) is 0 Å². The highest BCUT2D eigenvalue weighted by Gasteiger charge is 2.24. The van der Waals surface area contributed by atoms with Crippen molar-refractivity contribution in [3.8, 4) is 28.4 Å². The van der Waals surface area contributed by atoms with Crippen LogP contribution in [0.1, 0.15) is 34.3 Å². The molecule has 0 unspecified atom stereocenters. The van der Waals surface area contributed by atoms with E-state index in [-0.39, 0.29) is 24.9 Å². The molecule has 0 saturated carbocycles. The van der Waals surface area contributed by atoms with Crippen LogP contribution in [0.5, 0.6) is 17.2 Å². The van der Waals surface area contributed by atoms with Crippen LogP contribution in [-0.4, -0.2) is 45.2 Å². The van der Waals surface area contributed by atoms with Gasteiger partial charge in [0.15, 0.2) is 11.5 Å². The first kappa shape index (κ1) is 29.7. The van der Waals surface area contributed by atoms with Gasteiger partial charge in [0, 0.05) is 18.3 Å². The molecule has 0 aromatic heterocycles. The summed E-state index contributed by atoms with van der Waals surface area (Å²) in [5.74, 6) is -0.859. The van der Waals surface area contributed by atoms with Gasteiger partial charge in [0.25, 0.3) is 0 Å². The number of nitrogens with two attached hydrogens (primary N) is 1. The summed E-state index contributed by atoms with van der Waals surface area (Å²) in [5, 5.41) is 3.81. The summed E-state index contributed by atoms with van der Waals surface area (Å²) in [6.07, 6.45) is -0.0199. The lowest BCUT2D eigenvalue weighted by Crippen LogP contribution is -2.39. The van der Waals surface area contributed by atoms with E-state index in [9.17, 15) is 14.4 Å². The molecular formula is C29H31BrN2O7. The standard InChI is InChI=1S/C29H31BrN2O7/c1-36-24-14-19(15-25(37-2)27(24)38-3)17-32-23(12-13-26(31)33)29(35)39-28(34)22-10-8-21(9-11-22)20-6-4-18(16-30)5-7-20/h4-11,14-15,23,32H,12-13,16-17H2,1-3H3,(H2,31,33)/t23-/m0/s1. The highest BCUT2D eigenvalue weighted by Crippen LogP contribution is 2.38. The van der Waals surface area contributed by atoms with Gasteiger partial charge in [-0.3, -0.25) is 4.79 Å². The van der Waals surface area contributed by atoms with Crippen molar-refractivity contribution in [2.75, 3.05) is 21.3 Å². The second-order valence-corrected chi connectivity index (χ2v) is 9.15. The van der Waals surface area contributed by atoms with Gasteiger partial charge in [0.05, 0.1) is 26.9 Å². The van der Waals surface area contributed by atoms with Gasteiger partial charge in [-0.05, 0) is 52.9 Å². The molecule has 0 saturated heterocycles. The number of nitrogens with one attached hydrogen (secondary N) is 1. The van der Waals surface area contributed by atoms with E-state index < -0.39 is 23.9 Å². The minimum absolute atomic E-state index is 0.0508. The van der Waals surface area contributed by atoms with E-state index in [1.54, 1.807) is 36.4 Å². The molecule has 1 atom stereocenters. The maximum Gasteiger partial charge on any atom is 0.345 e. The third kappa shape index (κ3) is 8.05. The minimum atomic E-state index is -0.965. The van der Waals surface area contributed by atoms with Crippen molar-refractivity contribution >= 4 is 33.8 Å². The SMILES string of the molecule is COc1cc(CN[C@@H](CCC(N)=O)C(=O)OC(=O)c2ccc(-c3ccc(CBr)cc3)cc2)cc(OC)c1OC. The molecular weight excluding hydrogens is 568 g/mol. The first-order valence-electron chi connectivity index (χ1n) is 12.1. The molecule has 39 heavy (non-hydrogen) atoms. The lowest BCUT2D eigenvalue weighted by atomic mass is 10.0. The largest absolute Gasteiger partial charge is 0.493 e. The van der Waals surface area contributed by atoms with Crippen molar-refractivity contribution in [1.82, 2.24) is 5.32 Å². The Labute approximate surface area is 235 Å². The quantitative estimate of drug-likeness (QED) is 0.169. The van der Waals surface area contributed by atoms with E-state index in [1.165, 1.54) is 21.3 Å². The molecule has 0 spiro atoms. The molecule has 3 aromatic carbocycles. The van der Waals surface area contributed by atoms with Gasteiger partial charge in [-0.25, -0.2) is 9.59 Å². The van der Waals surface area contributed by atoms with Gasteiger partial charge < -0.3 is 30.0 Å². The third-order valence-corrected chi connectivity index (χ3v) is 6.64. The summed E-state index contributed by atoms with van der Waals surface area (Å²) in [4.78, 5) is 37.0. The summed E-state index contributed by atoms with van der Waals surface area (Å²) in [6.45, 7) is 0.187. The Kier molecular flexibility index (Phi) is 10.9. The predicted molar refractivity (Wildman–Crippen MR) is 150 cm³/mol. The number of rotatable bonds is 13. The van der Waals surface area contributed by atoms with Crippen LogP contribution in [0.25, 0.3) is 11.1 Å². The number of alkyl halides is 1. The lowest BCUT2D eigenvalue weighted by molar-refractivity contribution is -0.140. The Hall–Kier alpha value is -3.89. The highest BCUT2D eigenvalue weighted by atomic mass is 79.9. The van der Waals surface area contributed by atoms with Gasteiger partial charge in [0.1, 0.15) is 6.04 Å². The van der Waals surface area contributed by atoms with Gasteiger partial charge in [0.2, 0.25) is 11.7 Å². The molecule has 0 heterocycles. The van der Waals surface area contributed by atoms with Crippen molar-refractivity contribution in [3.05, 3.63) is 77.4 Å². The zero-order valence-electron chi connectivity index (χ0n) is 22.0. The molecule has 0 bridgehead atoms. The first-order valence-corrected chi connectivity index (χ1v) is 13.2. The zero-order chi connectivity index (χ0) is 28.4. The monoisotopic (exact) mass is 598 g/mol. The van der Waals surface area contributed by atoms with Crippen LogP contribution in [0.3, 0.4) is 0 Å². The molecule has 0 aliphatic rings. The summed E-state index contributed by atoms with van der Waals surface area (Å²) >= 11 is 3.43. The Morgan fingerprint density at radius 2 is 1.41 bits per heavy atom. The fourth-order valence-electron chi connectivity index (χ4n) is 3.87. The van der Waals surface area contributed by atoms with Gasteiger partial charge in [-0.1, -0.05) is 52.3 Å². The molecule has 0 aliphatic heterocycles. The fraction of sp³-hybridized carbons (Fsp3) is 0.276. The number of hydrogen-bond donors (Lipinski definition) is 2. The van der Waals surface area contributed by atoms with Crippen molar-refractivity contribution in [3.63, 3.8) is 0 Å². The topological polar surface area (TPSA) is 126 Å². The molecule has 10 heteroatoms. The highest BCUT2D eigenvalue weighted by molar-refractivity contribution is 9.08. The first-order chi connectivity index (χ1) is 18.8. The van der Waals surface area contributed by atoms with E-state index in [0.29, 0.717) is 22.8 Å². The number of esters is 2. The Morgan fingerprint density at radius 3 is 1.90 bits per heavy atom. The second kappa shape index (κ2) is 14.3. The van der Waals surface area contributed by atoms with Crippen LogP contribution in [-0.2, 0) is 26.2 Å². The van der Waals surface area contributed by atoms with E-state index >= 15 is 0 Å². The van der Waals surface area contributed by atoms with E-state index in [2.05, 4.69) is 21.2 Å². The van der Waals surface area contributed by atoms with Crippen LogP contribution in [0.4, 0.5) is 0 Å². The second-order valence-electron chi connectivity index (χ2n) is 8.59. The summed E-state index contributed by atoms with van der Waals surface area (Å²) in [7, 11) is 4.50. The number of halogens is 1. The predicted octanol–water partition coefficient (Wildman–Crippen LogP) is 4.38. The summed E-state index contributed by atoms with van der Waals surface area (Å²) < 4.78 is 21.2. The van der Waals surface area contributed by atoms with Crippen LogP contribution in [0.2, 0.25) is 0 Å². The number of methoxy groups -OCH3 is 3. The Morgan fingerprint density at radius 1 is 0.846 bits per heavy atom. The molecule has 206 valence electrons. The molecule has 3 N–H and O–H groups in total. The Balaban J connectivity index is 1.70. The number of carbonyl (C=O) groups excluding carboxylic acids is 3. The summed E-state index contributed by atoms with van der Waals surface area (Å²) in [6, 6.07) is 17.3. The molecule has 0 radical (unpaired) electrons. The van der Waals surface area contributed by atoms with E-state index in [4.69, 9.17) is 24.7 Å². The smallest absolute Gasteiger partial charge is 0.345 e. The zero-order valence-corrected chi connectivity index (χ0v) is 23.6. The van der Waals surface area contributed by atoms with Crippen LogP contribution >= 0.6 is 15.9 Å². The third-order valence-electron chi connectivity index (χ3n) is 6.00. The van der Waals surface area contributed by atoms with Crippen molar-refractivity contribution in [2.45, 2.75) is 30.8 Å². The Bertz CT molecular complexity index is 1270. The number of primary amides is 1. The van der Waals surface area contributed by atoms with Gasteiger partial charge in [-0.2, -0.15) is 0 Å². The number of ether oxygens (including phenoxy) is 4. The van der Waals surface area contributed by atoms with Crippen molar-refractivity contribution in [2.24, 2.45) is 5.73 Å². The molecule has 3 aromatic rings. The minimum Gasteiger partial charge on any atom is -0.493 e. The average molecular weight is 599 g/mol. The maximum atomic E-state index is 12.9. The molecule has 9 nitrogen and oxygen atoms in total. The number of amides is 1. The number of benzene rings is 3. The molecule has 0 aliphatic carbocycles. The van der Waals surface area contributed by atoms with Gasteiger partial charge in [-0.15, -0.1) is 0 Å². The molecule has 0 fully saturated rings. The van der Waals surface area contributed by atoms with Crippen LogP contribution < -0.4 is 25.3 Å². The van der Waals surface area contributed by atoms with Crippen LogP contribution in [0.15, 0.2) is 60.7 Å². The molecule has 1 amide bonds. The van der Waals surface area contributed by atoms with E-state index in [1.807, 2.05) is 24.3 Å². The maximum absolute atomic E-state index is 12.9.